The smallest absolute Gasteiger partial charge is 0.161 e. The molecule has 0 spiro atoms. The van der Waals surface area contributed by atoms with E-state index in [0.717, 1.165) is 24.6 Å². The molecule has 1 aromatic rings. The van der Waals surface area contributed by atoms with E-state index in [2.05, 4.69) is 25.1 Å². The molecule has 3 nitrogen and oxygen atoms in total. The topological polar surface area (TPSA) is 30.5 Å². The van der Waals surface area contributed by atoms with Crippen LogP contribution in [0.15, 0.2) is 18.2 Å². The fraction of sp³-hybridized carbons (Fsp3) is 0.500. The summed E-state index contributed by atoms with van der Waals surface area (Å²) < 4.78 is 10.9. The van der Waals surface area contributed by atoms with Gasteiger partial charge in [-0.3, -0.25) is 0 Å². The van der Waals surface area contributed by atoms with Crippen molar-refractivity contribution in [2.75, 3.05) is 20.3 Å². The summed E-state index contributed by atoms with van der Waals surface area (Å²) in [6.45, 7) is 6.72. The Bertz CT molecular complexity index is 421. The average molecular weight is 261 g/mol. The Kier molecular flexibility index (Phi) is 6.84. The van der Waals surface area contributed by atoms with Crippen molar-refractivity contribution in [2.45, 2.75) is 26.8 Å². The fourth-order valence-corrected chi connectivity index (χ4v) is 1.67. The SMILES string of the molecule is C#CCCOc1cc(CNCC(C)C)ccc1OC. The summed E-state index contributed by atoms with van der Waals surface area (Å²) in [6, 6.07) is 5.97. The molecule has 3 heteroatoms. The van der Waals surface area contributed by atoms with Crippen molar-refractivity contribution >= 4 is 0 Å². The van der Waals surface area contributed by atoms with Gasteiger partial charge >= 0.3 is 0 Å². The van der Waals surface area contributed by atoms with E-state index in [0.29, 0.717) is 18.9 Å². The van der Waals surface area contributed by atoms with Crippen LogP contribution in [0, 0.1) is 18.3 Å². The predicted octanol–water partition coefficient (Wildman–Crippen LogP) is 2.84. The Balaban J connectivity index is 2.63. The summed E-state index contributed by atoms with van der Waals surface area (Å²) in [4.78, 5) is 0. The maximum atomic E-state index is 5.64. The third-order valence-corrected chi connectivity index (χ3v) is 2.61. The molecule has 0 aliphatic carbocycles. The molecular weight excluding hydrogens is 238 g/mol. The lowest BCUT2D eigenvalue weighted by atomic mass is 10.2. The van der Waals surface area contributed by atoms with Gasteiger partial charge in [0.1, 0.15) is 0 Å². The first-order valence-electron chi connectivity index (χ1n) is 6.61. The molecule has 104 valence electrons. The second-order valence-corrected chi connectivity index (χ2v) is 4.81. The lowest BCUT2D eigenvalue weighted by Gasteiger charge is -2.12. The summed E-state index contributed by atoms with van der Waals surface area (Å²) in [5.41, 5.74) is 1.18. The summed E-state index contributed by atoms with van der Waals surface area (Å²) in [5.74, 6) is 4.69. The van der Waals surface area contributed by atoms with Crippen molar-refractivity contribution < 1.29 is 9.47 Å². The quantitative estimate of drug-likeness (QED) is 0.576. The lowest BCUT2D eigenvalue weighted by molar-refractivity contribution is 0.301. The van der Waals surface area contributed by atoms with Gasteiger partial charge < -0.3 is 14.8 Å². The van der Waals surface area contributed by atoms with Crippen LogP contribution in [0.5, 0.6) is 11.5 Å². The van der Waals surface area contributed by atoms with Gasteiger partial charge in [0.2, 0.25) is 0 Å². The lowest BCUT2D eigenvalue weighted by Crippen LogP contribution is -2.18. The molecule has 1 aromatic carbocycles. The molecule has 0 fully saturated rings. The molecule has 0 aliphatic rings. The molecule has 0 saturated carbocycles. The van der Waals surface area contributed by atoms with E-state index in [4.69, 9.17) is 15.9 Å². The van der Waals surface area contributed by atoms with Crippen LogP contribution in [0.1, 0.15) is 25.8 Å². The van der Waals surface area contributed by atoms with E-state index in [9.17, 15) is 0 Å². The fourth-order valence-electron chi connectivity index (χ4n) is 1.67. The third kappa shape index (κ3) is 5.67. The molecule has 0 unspecified atom stereocenters. The number of terminal acetylenes is 1. The molecule has 0 radical (unpaired) electrons. The Morgan fingerprint density at radius 1 is 1.32 bits per heavy atom. The van der Waals surface area contributed by atoms with E-state index in [1.807, 2.05) is 18.2 Å². The van der Waals surface area contributed by atoms with Crippen LogP contribution in [0.3, 0.4) is 0 Å². The summed E-state index contributed by atoms with van der Waals surface area (Å²) >= 11 is 0. The third-order valence-electron chi connectivity index (χ3n) is 2.61. The van der Waals surface area contributed by atoms with E-state index in [1.54, 1.807) is 7.11 Å². The zero-order valence-electron chi connectivity index (χ0n) is 12.0. The predicted molar refractivity (Wildman–Crippen MR) is 78.5 cm³/mol. The van der Waals surface area contributed by atoms with Gasteiger partial charge in [0, 0.05) is 13.0 Å². The van der Waals surface area contributed by atoms with Crippen molar-refractivity contribution in [3.05, 3.63) is 23.8 Å². The summed E-state index contributed by atoms with van der Waals surface area (Å²) in [5, 5.41) is 3.40. The van der Waals surface area contributed by atoms with Crippen LogP contribution in [-0.4, -0.2) is 20.3 Å². The summed E-state index contributed by atoms with van der Waals surface area (Å²) in [6.07, 6.45) is 5.81. The number of nitrogens with one attached hydrogen (secondary N) is 1. The summed E-state index contributed by atoms with van der Waals surface area (Å²) in [7, 11) is 1.64. The number of methoxy groups -OCH3 is 1. The van der Waals surface area contributed by atoms with Crippen molar-refractivity contribution in [1.82, 2.24) is 5.32 Å². The molecule has 0 heterocycles. The van der Waals surface area contributed by atoms with E-state index in [1.165, 1.54) is 5.56 Å². The van der Waals surface area contributed by atoms with Crippen LogP contribution in [0.2, 0.25) is 0 Å². The van der Waals surface area contributed by atoms with Gasteiger partial charge in [-0.25, -0.2) is 0 Å². The number of hydrogen-bond acceptors (Lipinski definition) is 3. The number of rotatable bonds is 8. The minimum atomic E-state index is 0.510. The van der Waals surface area contributed by atoms with Crippen LogP contribution in [-0.2, 0) is 6.54 Å². The van der Waals surface area contributed by atoms with Crippen molar-refractivity contribution in [2.24, 2.45) is 5.92 Å². The molecule has 0 aliphatic heterocycles. The molecule has 0 saturated heterocycles. The molecule has 0 atom stereocenters. The van der Waals surface area contributed by atoms with Crippen molar-refractivity contribution in [3.63, 3.8) is 0 Å². The maximum Gasteiger partial charge on any atom is 0.161 e. The highest BCUT2D eigenvalue weighted by Gasteiger charge is 2.05. The second-order valence-electron chi connectivity index (χ2n) is 4.81. The number of ether oxygens (including phenoxy) is 2. The highest BCUT2D eigenvalue weighted by Crippen LogP contribution is 2.28. The Morgan fingerprint density at radius 2 is 2.11 bits per heavy atom. The average Bonchev–Trinajstić information content (AvgIpc) is 2.39. The minimum absolute atomic E-state index is 0.510. The highest BCUT2D eigenvalue weighted by molar-refractivity contribution is 5.43. The number of hydrogen-bond donors (Lipinski definition) is 1. The normalized spacial score (nSPS) is 10.3. The first-order valence-corrected chi connectivity index (χ1v) is 6.61. The molecule has 19 heavy (non-hydrogen) atoms. The van der Waals surface area contributed by atoms with Crippen LogP contribution in [0.25, 0.3) is 0 Å². The molecule has 0 amide bonds. The molecule has 0 bridgehead atoms. The molecule has 0 aromatic heterocycles. The van der Waals surface area contributed by atoms with E-state index >= 15 is 0 Å². The van der Waals surface area contributed by atoms with E-state index in [-0.39, 0.29) is 0 Å². The van der Waals surface area contributed by atoms with Gasteiger partial charge in [0.15, 0.2) is 11.5 Å². The van der Waals surface area contributed by atoms with Gasteiger partial charge in [0.05, 0.1) is 13.7 Å². The number of benzene rings is 1. The Labute approximate surface area is 116 Å². The zero-order valence-corrected chi connectivity index (χ0v) is 12.0. The van der Waals surface area contributed by atoms with Gasteiger partial charge in [-0.05, 0) is 30.2 Å². The maximum absolute atomic E-state index is 5.64. The second kappa shape index (κ2) is 8.44. The molecular formula is C16H23NO2. The van der Waals surface area contributed by atoms with Crippen molar-refractivity contribution in [3.8, 4) is 23.8 Å². The van der Waals surface area contributed by atoms with E-state index < -0.39 is 0 Å². The van der Waals surface area contributed by atoms with Gasteiger partial charge in [-0.1, -0.05) is 19.9 Å². The Morgan fingerprint density at radius 3 is 2.74 bits per heavy atom. The Hall–Kier alpha value is -1.66. The first-order chi connectivity index (χ1) is 9.17. The molecule has 1 rings (SSSR count). The minimum Gasteiger partial charge on any atom is -0.493 e. The zero-order chi connectivity index (χ0) is 14.1. The highest BCUT2D eigenvalue weighted by atomic mass is 16.5. The van der Waals surface area contributed by atoms with Crippen LogP contribution in [0.4, 0.5) is 0 Å². The molecule has 1 N–H and O–H groups in total. The van der Waals surface area contributed by atoms with Gasteiger partial charge in [-0.2, -0.15) is 0 Å². The van der Waals surface area contributed by atoms with Crippen LogP contribution >= 0.6 is 0 Å². The standard InChI is InChI=1S/C16H23NO2/c1-5-6-9-19-16-10-14(7-8-15(16)18-4)12-17-11-13(2)3/h1,7-8,10,13,17H,6,9,11-12H2,2-4H3. The van der Waals surface area contributed by atoms with Gasteiger partial charge in [0.25, 0.3) is 0 Å². The monoisotopic (exact) mass is 261 g/mol. The van der Waals surface area contributed by atoms with Crippen molar-refractivity contribution in [1.29, 1.82) is 0 Å². The van der Waals surface area contributed by atoms with Gasteiger partial charge in [-0.15, -0.1) is 12.3 Å². The first kappa shape index (κ1) is 15.4. The largest absolute Gasteiger partial charge is 0.493 e. The van der Waals surface area contributed by atoms with Crippen LogP contribution < -0.4 is 14.8 Å².